The molecule has 0 bridgehead atoms. The van der Waals surface area contributed by atoms with Crippen LogP contribution in [0.4, 0.5) is 4.39 Å². The number of sulfonamides is 1. The molecular weight excluding hydrogens is 355 g/mol. The van der Waals surface area contributed by atoms with Gasteiger partial charge in [-0.25, -0.2) is 17.1 Å². The van der Waals surface area contributed by atoms with Gasteiger partial charge in [0.15, 0.2) is 0 Å². The van der Waals surface area contributed by atoms with E-state index in [2.05, 4.69) is 0 Å². The summed E-state index contributed by atoms with van der Waals surface area (Å²) in [6.07, 6.45) is 5.65. The van der Waals surface area contributed by atoms with Crippen LogP contribution >= 0.6 is 0 Å². The molecule has 144 valence electrons. The van der Waals surface area contributed by atoms with Gasteiger partial charge in [-0.15, -0.1) is 0 Å². The van der Waals surface area contributed by atoms with Crippen LogP contribution < -0.4 is 0 Å². The standard InChI is InChI=1S/C19H27FN2O3S/c1-21(18-4-2-3-5-18)19(23)16-10-12-22(13-11-16)26(24,25)14-15-6-8-17(20)9-7-15/h6-9,16,18H,2-5,10-14H2,1H3. The molecule has 0 N–H and O–H groups in total. The Bertz CT molecular complexity index is 722. The molecule has 3 rings (SSSR count). The van der Waals surface area contributed by atoms with E-state index >= 15 is 0 Å². The highest BCUT2D eigenvalue weighted by Gasteiger charge is 2.34. The number of nitrogens with zero attached hydrogens (tertiary/aromatic N) is 2. The van der Waals surface area contributed by atoms with E-state index in [9.17, 15) is 17.6 Å². The number of piperidine rings is 1. The summed E-state index contributed by atoms with van der Waals surface area (Å²) >= 11 is 0. The number of carbonyl (C=O) groups excluding carboxylic acids is 1. The molecule has 0 spiro atoms. The van der Waals surface area contributed by atoms with Crippen LogP contribution in [0, 0.1) is 11.7 Å². The highest BCUT2D eigenvalue weighted by atomic mass is 32.2. The minimum absolute atomic E-state index is 0.0853. The third-order valence-electron chi connectivity index (χ3n) is 5.68. The van der Waals surface area contributed by atoms with E-state index in [0.29, 0.717) is 37.5 Å². The molecule has 26 heavy (non-hydrogen) atoms. The van der Waals surface area contributed by atoms with Crippen LogP contribution in [0.1, 0.15) is 44.1 Å². The van der Waals surface area contributed by atoms with Gasteiger partial charge >= 0.3 is 0 Å². The Hall–Kier alpha value is -1.47. The lowest BCUT2D eigenvalue weighted by Gasteiger charge is -2.34. The number of benzene rings is 1. The smallest absolute Gasteiger partial charge is 0.225 e. The number of hydrogen-bond donors (Lipinski definition) is 0. The molecule has 1 aromatic rings. The van der Waals surface area contributed by atoms with Gasteiger partial charge in [-0.3, -0.25) is 4.79 Å². The van der Waals surface area contributed by atoms with Gasteiger partial charge < -0.3 is 4.90 Å². The van der Waals surface area contributed by atoms with Gasteiger partial charge in [0.05, 0.1) is 5.75 Å². The van der Waals surface area contributed by atoms with Gasteiger partial charge in [-0.2, -0.15) is 0 Å². The first-order valence-electron chi connectivity index (χ1n) is 9.36. The second kappa shape index (κ2) is 8.05. The van der Waals surface area contributed by atoms with Crippen molar-refractivity contribution in [1.82, 2.24) is 9.21 Å². The lowest BCUT2D eigenvalue weighted by Crippen LogP contribution is -2.45. The maximum absolute atomic E-state index is 13.0. The van der Waals surface area contributed by atoms with E-state index in [0.717, 1.165) is 12.8 Å². The van der Waals surface area contributed by atoms with Crippen LogP contribution in [0.25, 0.3) is 0 Å². The number of rotatable bonds is 5. The fraction of sp³-hybridized carbons (Fsp3) is 0.632. The van der Waals surface area contributed by atoms with E-state index in [1.807, 2.05) is 11.9 Å². The molecule has 0 unspecified atom stereocenters. The Morgan fingerprint density at radius 2 is 1.69 bits per heavy atom. The molecule has 0 atom stereocenters. The molecule has 5 nitrogen and oxygen atoms in total. The fourth-order valence-corrected chi connectivity index (χ4v) is 5.59. The summed E-state index contributed by atoms with van der Waals surface area (Å²) < 4.78 is 39.6. The molecule has 2 aliphatic rings. The van der Waals surface area contributed by atoms with Gasteiger partial charge in [0.25, 0.3) is 0 Å². The fourth-order valence-electron chi connectivity index (χ4n) is 4.02. The van der Waals surface area contributed by atoms with Crippen molar-refractivity contribution in [2.75, 3.05) is 20.1 Å². The monoisotopic (exact) mass is 382 g/mol. The average Bonchev–Trinajstić information content (AvgIpc) is 3.17. The van der Waals surface area contributed by atoms with Gasteiger partial charge in [0, 0.05) is 32.1 Å². The van der Waals surface area contributed by atoms with Crippen LogP contribution in [-0.2, 0) is 20.6 Å². The normalized spacial score (nSPS) is 20.4. The molecular formula is C19H27FN2O3S. The Labute approximate surface area is 155 Å². The number of halogens is 1. The highest BCUT2D eigenvalue weighted by molar-refractivity contribution is 7.88. The molecule has 1 amide bonds. The van der Waals surface area contributed by atoms with Crippen molar-refractivity contribution < 1.29 is 17.6 Å². The Balaban J connectivity index is 1.55. The zero-order valence-electron chi connectivity index (χ0n) is 15.2. The summed E-state index contributed by atoms with van der Waals surface area (Å²) in [7, 11) is -1.56. The number of hydrogen-bond acceptors (Lipinski definition) is 3. The zero-order chi connectivity index (χ0) is 18.7. The van der Waals surface area contributed by atoms with Crippen molar-refractivity contribution in [2.24, 2.45) is 5.92 Å². The number of carbonyl (C=O) groups is 1. The van der Waals surface area contributed by atoms with Crippen molar-refractivity contribution >= 4 is 15.9 Å². The Morgan fingerprint density at radius 3 is 2.27 bits per heavy atom. The first-order chi connectivity index (χ1) is 12.4. The molecule has 1 aliphatic heterocycles. The molecule has 1 heterocycles. The van der Waals surface area contributed by atoms with Crippen LogP contribution in [0.5, 0.6) is 0 Å². The second-order valence-corrected chi connectivity index (χ2v) is 9.41. The van der Waals surface area contributed by atoms with Gasteiger partial charge in [-0.05, 0) is 43.4 Å². The summed E-state index contributed by atoms with van der Waals surface area (Å²) in [4.78, 5) is 14.6. The zero-order valence-corrected chi connectivity index (χ0v) is 16.0. The SMILES string of the molecule is CN(C(=O)C1CCN(S(=O)(=O)Cc2ccc(F)cc2)CC1)C1CCCC1. The van der Waals surface area contributed by atoms with Crippen LogP contribution in [0.15, 0.2) is 24.3 Å². The third kappa shape index (κ3) is 4.43. The maximum Gasteiger partial charge on any atom is 0.225 e. The van der Waals surface area contributed by atoms with Crippen molar-refractivity contribution in [3.8, 4) is 0 Å². The molecule has 1 saturated carbocycles. The summed E-state index contributed by atoms with van der Waals surface area (Å²) in [5.41, 5.74) is 0.575. The summed E-state index contributed by atoms with van der Waals surface area (Å²) in [6, 6.07) is 5.89. The van der Waals surface area contributed by atoms with E-state index in [1.165, 1.54) is 41.4 Å². The van der Waals surface area contributed by atoms with Crippen molar-refractivity contribution in [3.63, 3.8) is 0 Å². The lowest BCUT2D eigenvalue weighted by molar-refractivity contribution is -0.137. The Kier molecular flexibility index (Phi) is 5.97. The topological polar surface area (TPSA) is 57.7 Å². The molecule has 0 radical (unpaired) electrons. The second-order valence-electron chi connectivity index (χ2n) is 7.44. The molecule has 1 aliphatic carbocycles. The highest BCUT2D eigenvalue weighted by Crippen LogP contribution is 2.27. The first-order valence-corrected chi connectivity index (χ1v) is 11.0. The minimum atomic E-state index is -3.45. The van der Waals surface area contributed by atoms with Crippen molar-refractivity contribution in [2.45, 2.75) is 50.3 Å². The lowest BCUT2D eigenvalue weighted by atomic mass is 9.96. The molecule has 7 heteroatoms. The van der Waals surface area contributed by atoms with Crippen LogP contribution in [0.2, 0.25) is 0 Å². The van der Waals surface area contributed by atoms with E-state index < -0.39 is 10.0 Å². The predicted octanol–water partition coefficient (Wildman–Crippen LogP) is 2.77. The van der Waals surface area contributed by atoms with Gasteiger partial charge in [-0.1, -0.05) is 25.0 Å². The molecule has 0 aromatic heterocycles. The maximum atomic E-state index is 13.0. The van der Waals surface area contributed by atoms with Crippen LogP contribution in [0.3, 0.4) is 0 Å². The largest absolute Gasteiger partial charge is 0.343 e. The predicted molar refractivity (Wildman–Crippen MR) is 98.3 cm³/mol. The molecule has 1 saturated heterocycles. The summed E-state index contributed by atoms with van der Waals surface area (Å²) in [6.45, 7) is 0.747. The van der Waals surface area contributed by atoms with E-state index in [-0.39, 0.29) is 23.4 Å². The molecule has 1 aromatic carbocycles. The summed E-state index contributed by atoms with van der Waals surface area (Å²) in [5.74, 6) is -0.435. The van der Waals surface area contributed by atoms with Crippen LogP contribution in [-0.4, -0.2) is 49.7 Å². The molecule has 2 fully saturated rings. The summed E-state index contributed by atoms with van der Waals surface area (Å²) in [5, 5.41) is 0. The van der Waals surface area contributed by atoms with Gasteiger partial charge in [0.2, 0.25) is 15.9 Å². The van der Waals surface area contributed by atoms with E-state index in [4.69, 9.17) is 0 Å². The third-order valence-corrected chi connectivity index (χ3v) is 7.53. The Morgan fingerprint density at radius 1 is 1.12 bits per heavy atom. The van der Waals surface area contributed by atoms with Crippen molar-refractivity contribution in [1.29, 1.82) is 0 Å². The number of amides is 1. The minimum Gasteiger partial charge on any atom is -0.343 e. The van der Waals surface area contributed by atoms with E-state index in [1.54, 1.807) is 0 Å². The van der Waals surface area contributed by atoms with Gasteiger partial charge in [0.1, 0.15) is 5.82 Å². The van der Waals surface area contributed by atoms with Crippen molar-refractivity contribution in [3.05, 3.63) is 35.6 Å². The quantitative estimate of drug-likeness (QED) is 0.787. The average molecular weight is 383 g/mol. The first kappa shape index (κ1) is 19.3.